The highest BCUT2D eigenvalue weighted by molar-refractivity contribution is 9.10. The van der Waals surface area contributed by atoms with E-state index in [9.17, 15) is 14.4 Å². The first kappa shape index (κ1) is 17.5. The Hall–Kier alpha value is -2.86. The summed E-state index contributed by atoms with van der Waals surface area (Å²) < 4.78 is 0.710. The first-order valence-electron chi connectivity index (χ1n) is 8.39. The fourth-order valence-corrected chi connectivity index (χ4v) is 3.98. The van der Waals surface area contributed by atoms with Crippen molar-refractivity contribution in [3.8, 4) is 0 Å². The van der Waals surface area contributed by atoms with E-state index in [4.69, 9.17) is 0 Å². The summed E-state index contributed by atoms with van der Waals surface area (Å²) in [6.07, 6.45) is 2.89. The zero-order valence-electron chi connectivity index (χ0n) is 14.7. The van der Waals surface area contributed by atoms with Gasteiger partial charge in [0.1, 0.15) is 0 Å². The summed E-state index contributed by atoms with van der Waals surface area (Å²) in [6, 6.07) is 11.9. The van der Waals surface area contributed by atoms with E-state index in [1.807, 2.05) is 6.07 Å². The first-order valence-corrected chi connectivity index (χ1v) is 9.18. The Labute approximate surface area is 164 Å². The minimum absolute atomic E-state index is 0.306. The molecule has 0 N–H and O–H groups in total. The van der Waals surface area contributed by atoms with Crippen LogP contribution in [0.15, 0.2) is 63.7 Å². The van der Waals surface area contributed by atoms with E-state index in [-0.39, 0.29) is 0 Å². The third-order valence-corrected chi connectivity index (χ3v) is 5.22. The molecule has 1 heterocycles. The number of hydrogen-bond acceptors (Lipinski definition) is 4. The average molecular weight is 423 g/mol. The molecular weight excluding hydrogens is 408 g/mol. The summed E-state index contributed by atoms with van der Waals surface area (Å²) in [5, 5.41) is 5.26. The highest BCUT2D eigenvalue weighted by Gasteiger charge is 2.61. The lowest BCUT2D eigenvalue weighted by molar-refractivity contribution is -0.130. The summed E-state index contributed by atoms with van der Waals surface area (Å²) in [4.78, 5) is 40.0. The lowest BCUT2D eigenvalue weighted by Crippen LogP contribution is -2.56. The van der Waals surface area contributed by atoms with Crippen molar-refractivity contribution in [3.05, 3.63) is 80.8 Å². The highest BCUT2D eigenvalue weighted by Crippen LogP contribution is 2.46. The second-order valence-corrected chi connectivity index (χ2v) is 7.68. The van der Waals surface area contributed by atoms with E-state index in [0.717, 1.165) is 10.6 Å². The zero-order valence-corrected chi connectivity index (χ0v) is 16.3. The predicted molar refractivity (Wildman–Crippen MR) is 105 cm³/mol. The fraction of sp³-hybridized carbons (Fsp3) is 0.143. The number of Topliss-reactive ketones (excluding diaryl/α,β-unsaturated/α-hetero) is 2. The molecule has 5 nitrogen and oxygen atoms in total. The van der Waals surface area contributed by atoms with Crippen molar-refractivity contribution in [2.75, 3.05) is 0 Å². The lowest BCUT2D eigenvalue weighted by atomic mass is 9.80. The van der Waals surface area contributed by atoms with E-state index in [1.54, 1.807) is 50.2 Å². The Morgan fingerprint density at radius 2 is 1.70 bits per heavy atom. The van der Waals surface area contributed by atoms with Crippen LogP contribution in [0.3, 0.4) is 0 Å². The maximum absolute atomic E-state index is 13.5. The second kappa shape index (κ2) is 6.09. The molecule has 1 aliphatic heterocycles. The molecule has 1 spiro atoms. The summed E-state index contributed by atoms with van der Waals surface area (Å²) in [7, 11) is 0. The number of fused-ring (bicyclic) bond motifs is 3. The summed E-state index contributed by atoms with van der Waals surface area (Å²) in [5.41, 5.74) is 0.630. The van der Waals surface area contributed by atoms with Crippen LogP contribution < -0.4 is 0 Å². The summed E-state index contributed by atoms with van der Waals surface area (Å²) >= 11 is 3.41. The van der Waals surface area contributed by atoms with Crippen molar-refractivity contribution < 1.29 is 14.4 Å². The molecule has 4 rings (SSSR count). The van der Waals surface area contributed by atoms with Crippen molar-refractivity contribution in [1.29, 1.82) is 0 Å². The molecule has 1 amide bonds. The van der Waals surface area contributed by atoms with Gasteiger partial charge in [0, 0.05) is 32.8 Å². The number of benzene rings is 2. The highest BCUT2D eigenvalue weighted by atomic mass is 79.9. The third kappa shape index (κ3) is 2.36. The number of carbonyl (C=O) groups is 3. The maximum atomic E-state index is 13.5. The molecule has 1 aliphatic carbocycles. The average Bonchev–Trinajstić information content (AvgIpc) is 2.85. The van der Waals surface area contributed by atoms with Gasteiger partial charge in [-0.25, -0.2) is 5.01 Å². The smallest absolute Gasteiger partial charge is 0.268 e. The van der Waals surface area contributed by atoms with E-state index in [1.165, 1.54) is 12.3 Å². The molecule has 134 valence electrons. The molecule has 0 bridgehead atoms. The van der Waals surface area contributed by atoms with E-state index < -0.39 is 23.0 Å². The maximum Gasteiger partial charge on any atom is 0.268 e. The molecule has 0 aromatic heterocycles. The van der Waals surface area contributed by atoms with E-state index >= 15 is 0 Å². The normalized spacial score (nSPS) is 16.3. The zero-order chi connectivity index (χ0) is 19.3. The Morgan fingerprint density at radius 1 is 1.07 bits per heavy atom. The largest absolute Gasteiger partial charge is 0.290 e. The van der Waals surface area contributed by atoms with Crippen LogP contribution in [-0.4, -0.2) is 28.7 Å². The number of halogens is 1. The van der Waals surface area contributed by atoms with Crippen LogP contribution in [0.25, 0.3) is 0 Å². The topological polar surface area (TPSA) is 66.8 Å². The minimum atomic E-state index is -1.82. The van der Waals surface area contributed by atoms with Gasteiger partial charge in [0.05, 0.1) is 6.21 Å². The third-order valence-electron chi connectivity index (χ3n) is 4.73. The van der Waals surface area contributed by atoms with Gasteiger partial charge in [-0.05, 0) is 26.0 Å². The van der Waals surface area contributed by atoms with Gasteiger partial charge >= 0.3 is 0 Å². The van der Waals surface area contributed by atoms with Crippen LogP contribution in [0.5, 0.6) is 0 Å². The number of carbonyl (C=O) groups excluding carboxylic acids is 3. The molecule has 0 fully saturated rings. The van der Waals surface area contributed by atoms with Crippen molar-refractivity contribution in [1.82, 2.24) is 5.01 Å². The molecule has 2 aromatic carbocycles. The SMILES string of the molecule is CC(C)=CC(=O)N1N=Cc2ccc(Br)cc2C12C(=O)c1ccccc1C2=O. The summed E-state index contributed by atoms with van der Waals surface area (Å²) in [5.74, 6) is -1.38. The van der Waals surface area contributed by atoms with Gasteiger partial charge in [-0.2, -0.15) is 5.10 Å². The van der Waals surface area contributed by atoms with E-state index in [0.29, 0.717) is 26.7 Å². The van der Waals surface area contributed by atoms with Gasteiger partial charge in [-0.3, -0.25) is 14.4 Å². The van der Waals surface area contributed by atoms with Gasteiger partial charge in [0.2, 0.25) is 17.1 Å². The van der Waals surface area contributed by atoms with Crippen LogP contribution in [0, 0.1) is 0 Å². The van der Waals surface area contributed by atoms with Crippen molar-refractivity contribution in [2.45, 2.75) is 19.4 Å². The fourth-order valence-electron chi connectivity index (χ4n) is 3.61. The van der Waals surface area contributed by atoms with E-state index in [2.05, 4.69) is 21.0 Å². The number of hydrazone groups is 1. The van der Waals surface area contributed by atoms with Crippen LogP contribution in [-0.2, 0) is 10.3 Å². The molecule has 2 aliphatic rings. The standard InChI is InChI=1S/C21H15BrN2O3/c1-12(2)9-18(25)24-21(17-10-14(22)8-7-13(17)11-23-24)19(26)15-5-3-4-6-16(15)20(21)27/h3-11H,1-2H3. The lowest BCUT2D eigenvalue weighted by Gasteiger charge is -2.38. The molecule has 0 atom stereocenters. The number of nitrogens with zero attached hydrogens (tertiary/aromatic N) is 2. The molecular formula is C21H15BrN2O3. The molecule has 0 saturated heterocycles. The second-order valence-electron chi connectivity index (χ2n) is 6.76. The van der Waals surface area contributed by atoms with Crippen LogP contribution >= 0.6 is 15.9 Å². The van der Waals surface area contributed by atoms with Gasteiger partial charge in [0.15, 0.2) is 0 Å². The predicted octanol–water partition coefficient (Wildman–Crippen LogP) is 3.87. The quantitative estimate of drug-likeness (QED) is 0.517. The van der Waals surface area contributed by atoms with Gasteiger partial charge < -0.3 is 0 Å². The Morgan fingerprint density at radius 3 is 2.30 bits per heavy atom. The van der Waals surface area contributed by atoms with Crippen LogP contribution in [0.4, 0.5) is 0 Å². The number of ketones is 2. The van der Waals surface area contributed by atoms with Crippen LogP contribution in [0.2, 0.25) is 0 Å². The van der Waals surface area contributed by atoms with Crippen molar-refractivity contribution >= 4 is 39.6 Å². The van der Waals surface area contributed by atoms with Gasteiger partial charge in [-0.15, -0.1) is 0 Å². The Bertz CT molecular complexity index is 1050. The molecule has 6 heteroatoms. The summed E-state index contributed by atoms with van der Waals surface area (Å²) in [6.45, 7) is 3.55. The molecule has 0 unspecified atom stereocenters. The minimum Gasteiger partial charge on any atom is -0.290 e. The monoisotopic (exact) mass is 422 g/mol. The number of hydrogen-bond donors (Lipinski definition) is 0. The Balaban J connectivity index is 2.05. The molecule has 0 radical (unpaired) electrons. The molecule has 0 saturated carbocycles. The number of rotatable bonds is 1. The van der Waals surface area contributed by atoms with Gasteiger partial charge in [0.25, 0.3) is 5.91 Å². The number of amides is 1. The van der Waals surface area contributed by atoms with Crippen molar-refractivity contribution in [2.24, 2.45) is 5.10 Å². The molecule has 2 aromatic rings. The van der Waals surface area contributed by atoms with Crippen molar-refractivity contribution in [3.63, 3.8) is 0 Å². The first-order chi connectivity index (χ1) is 12.9. The van der Waals surface area contributed by atoms with Crippen LogP contribution in [0.1, 0.15) is 45.7 Å². The van der Waals surface area contributed by atoms with Gasteiger partial charge in [-0.1, -0.05) is 51.8 Å². The Kier molecular flexibility index (Phi) is 3.96. The molecule has 27 heavy (non-hydrogen) atoms. The number of allylic oxidation sites excluding steroid dienone is 1.